The molecule has 0 aromatic heterocycles. The number of nitrogens with one attached hydrogen (secondary N) is 1. The largest absolute Gasteiger partial charge is 0.457 e. The molecule has 0 aliphatic heterocycles. The molecule has 1 N–H and O–H groups in total. The third-order valence-corrected chi connectivity index (χ3v) is 9.06. The van der Waals surface area contributed by atoms with Gasteiger partial charge >= 0.3 is 12.6 Å². The number of hydrazine groups is 1. The molecule has 0 saturated heterocycles. The Bertz CT molecular complexity index is 2190. The molecule has 0 aliphatic carbocycles. The van der Waals surface area contributed by atoms with Gasteiger partial charge in [-0.05, 0) is 119 Å². The van der Waals surface area contributed by atoms with Crippen molar-refractivity contribution in [3.8, 4) is 23.3 Å². The molecular weight excluding hydrogens is 753 g/mol. The maximum Gasteiger partial charge on any atom is 0.387 e. The Labute approximate surface area is 345 Å². The van der Waals surface area contributed by atoms with E-state index >= 15 is 0 Å². The average Bonchev–Trinajstić information content (AvgIpc) is 3.19. The Hall–Kier alpha value is -6.54. The number of rotatable bonds is 12. The zero-order chi connectivity index (χ0) is 43.3. The molecule has 5 aromatic rings. The van der Waals surface area contributed by atoms with Crippen LogP contribution in [0.2, 0.25) is 0 Å². The smallest absolute Gasteiger partial charge is 0.387 e. The first-order chi connectivity index (χ1) is 28.0. The second kappa shape index (κ2) is 20.8. The zero-order valence-corrected chi connectivity index (χ0v) is 34.7. The van der Waals surface area contributed by atoms with Gasteiger partial charge in [0.2, 0.25) is 6.10 Å². The van der Waals surface area contributed by atoms with Crippen LogP contribution in [-0.2, 0) is 16.0 Å². The minimum atomic E-state index is -2.93. The lowest BCUT2D eigenvalue weighted by molar-refractivity contribution is -0.150. The van der Waals surface area contributed by atoms with Crippen LogP contribution >= 0.6 is 0 Å². The number of halogens is 2. The number of para-hydroxylation sites is 1. The highest BCUT2D eigenvalue weighted by molar-refractivity contribution is 5.99. The first-order valence-corrected chi connectivity index (χ1v) is 19.3. The Morgan fingerprint density at radius 2 is 1.36 bits per heavy atom. The highest BCUT2D eigenvalue weighted by Gasteiger charge is 2.31. The van der Waals surface area contributed by atoms with Gasteiger partial charge in [-0.2, -0.15) is 14.0 Å². The third-order valence-electron chi connectivity index (χ3n) is 9.06. The predicted octanol–water partition coefficient (Wildman–Crippen LogP) is 11.1. The van der Waals surface area contributed by atoms with Crippen molar-refractivity contribution < 1.29 is 37.4 Å². The van der Waals surface area contributed by atoms with Crippen LogP contribution < -0.4 is 14.9 Å². The number of carbonyl (C=O) groups is 3. The molecule has 9 nitrogen and oxygen atoms in total. The molecule has 0 heterocycles. The van der Waals surface area contributed by atoms with E-state index in [-0.39, 0.29) is 23.5 Å². The summed E-state index contributed by atoms with van der Waals surface area (Å²) in [6, 6.07) is 36.9. The molecule has 0 radical (unpaired) electrons. The lowest BCUT2D eigenvalue weighted by atomic mass is 9.88. The standard InChI is InChI=1S/C26H23F2NO4.C22H28N2O2/c1-17(2)24(18-11-13-21(14-12-18)32-26(27)28)25(30)33-23(16-29)19-7-6-10-22(15-19)31-20-8-4-3-5-9-20;1-7-17-8-10-18(11-9-17)20(25)23-24(22(4,5)6)21(26)19-13-15(2)12-16(3)14-19/h3-15,17,23-24,26H,1-2H3;8-14H,7H2,1-6H3,(H,23,25)/t23?,24-;/m0./s1. The molecule has 0 saturated carbocycles. The van der Waals surface area contributed by atoms with Crippen molar-refractivity contribution in [1.29, 1.82) is 5.26 Å². The van der Waals surface area contributed by atoms with E-state index in [0.717, 1.165) is 17.5 Å². The van der Waals surface area contributed by atoms with Crippen LogP contribution in [0.4, 0.5) is 8.78 Å². The minimum absolute atomic E-state index is 0.00486. The molecule has 5 aromatic carbocycles. The summed E-state index contributed by atoms with van der Waals surface area (Å²) in [6.45, 7) is 12.4. The number of esters is 1. The van der Waals surface area contributed by atoms with E-state index in [0.29, 0.717) is 33.8 Å². The van der Waals surface area contributed by atoms with E-state index in [1.165, 1.54) is 22.7 Å². The Balaban J connectivity index is 0.000000268. The lowest BCUT2D eigenvalue weighted by Gasteiger charge is -2.35. The maximum atomic E-state index is 13.1. The van der Waals surface area contributed by atoms with Crippen LogP contribution in [0, 0.1) is 31.1 Å². The van der Waals surface area contributed by atoms with Crippen molar-refractivity contribution in [3.63, 3.8) is 0 Å². The first-order valence-electron chi connectivity index (χ1n) is 19.3. The van der Waals surface area contributed by atoms with Gasteiger partial charge in [0, 0.05) is 16.7 Å². The molecule has 2 amide bonds. The number of alkyl halides is 2. The van der Waals surface area contributed by atoms with E-state index in [4.69, 9.17) is 9.47 Å². The van der Waals surface area contributed by atoms with Gasteiger partial charge in [-0.3, -0.25) is 19.8 Å². The van der Waals surface area contributed by atoms with Gasteiger partial charge in [0.1, 0.15) is 23.3 Å². The van der Waals surface area contributed by atoms with Gasteiger partial charge in [-0.15, -0.1) is 0 Å². The van der Waals surface area contributed by atoms with E-state index < -0.39 is 30.1 Å². The SMILES string of the molecule is CC(C)[C@H](C(=O)OC(C#N)c1cccc(Oc2ccccc2)c1)c1ccc(OC(F)F)cc1.CCc1ccc(C(=O)NN(C(=O)c2cc(C)cc(C)c2)C(C)(C)C)cc1. The zero-order valence-electron chi connectivity index (χ0n) is 34.7. The van der Waals surface area contributed by atoms with Gasteiger partial charge in [0.25, 0.3) is 11.8 Å². The molecule has 0 bridgehead atoms. The fraction of sp³-hybridized carbons (Fsp3) is 0.292. The number of ether oxygens (including phenoxy) is 3. The summed E-state index contributed by atoms with van der Waals surface area (Å²) in [5, 5.41) is 11.1. The summed E-state index contributed by atoms with van der Waals surface area (Å²) < 4.78 is 40.5. The number of hydrogen-bond donors (Lipinski definition) is 1. The van der Waals surface area contributed by atoms with Gasteiger partial charge in [0.15, 0.2) is 0 Å². The van der Waals surface area contributed by atoms with Crippen LogP contribution in [0.15, 0.2) is 121 Å². The lowest BCUT2D eigenvalue weighted by Crippen LogP contribution is -2.55. The van der Waals surface area contributed by atoms with Crippen molar-refractivity contribution in [3.05, 3.63) is 160 Å². The molecule has 1 unspecified atom stereocenters. The molecule has 0 spiro atoms. The highest BCUT2D eigenvalue weighted by atomic mass is 19.3. The topological polar surface area (TPSA) is 118 Å². The van der Waals surface area contributed by atoms with Crippen LogP contribution in [0.1, 0.15) is 102 Å². The van der Waals surface area contributed by atoms with Crippen molar-refractivity contribution in [2.24, 2.45) is 5.92 Å². The monoisotopic (exact) mass is 803 g/mol. The van der Waals surface area contributed by atoms with Crippen molar-refractivity contribution in [2.75, 3.05) is 0 Å². The summed E-state index contributed by atoms with van der Waals surface area (Å²) in [4.78, 5) is 38.8. The molecule has 11 heteroatoms. The van der Waals surface area contributed by atoms with Crippen molar-refractivity contribution in [1.82, 2.24) is 10.4 Å². The van der Waals surface area contributed by atoms with Gasteiger partial charge in [-0.25, -0.2) is 5.01 Å². The van der Waals surface area contributed by atoms with Gasteiger partial charge in [-0.1, -0.05) is 92.6 Å². The number of aryl methyl sites for hydroxylation is 3. The fourth-order valence-corrected chi connectivity index (χ4v) is 6.18. The predicted molar refractivity (Wildman–Crippen MR) is 223 cm³/mol. The fourth-order valence-electron chi connectivity index (χ4n) is 6.18. The number of amides is 2. The molecule has 0 fully saturated rings. The number of nitriles is 1. The summed E-state index contributed by atoms with van der Waals surface area (Å²) >= 11 is 0. The molecule has 59 heavy (non-hydrogen) atoms. The summed E-state index contributed by atoms with van der Waals surface area (Å²) in [7, 11) is 0. The molecular formula is C48H51F2N3O6. The number of nitrogens with zero attached hydrogens (tertiary/aromatic N) is 2. The van der Waals surface area contributed by atoms with E-state index in [2.05, 4.69) is 17.1 Å². The Morgan fingerprint density at radius 1 is 0.746 bits per heavy atom. The Kier molecular flexibility index (Phi) is 15.9. The van der Waals surface area contributed by atoms with Crippen molar-refractivity contribution >= 4 is 17.8 Å². The molecule has 308 valence electrons. The molecule has 5 rings (SSSR count). The number of hydrogen-bond acceptors (Lipinski definition) is 7. The highest BCUT2D eigenvalue weighted by Crippen LogP contribution is 2.32. The van der Waals surface area contributed by atoms with Crippen LogP contribution in [0.3, 0.4) is 0 Å². The number of carbonyl (C=O) groups excluding carboxylic acids is 3. The summed E-state index contributed by atoms with van der Waals surface area (Å²) in [5.74, 6) is -0.813. The molecule has 2 atom stereocenters. The third kappa shape index (κ3) is 13.3. The average molecular weight is 804 g/mol. The maximum absolute atomic E-state index is 13.1. The van der Waals surface area contributed by atoms with Gasteiger partial charge < -0.3 is 14.2 Å². The molecule has 0 aliphatic rings. The quantitative estimate of drug-likeness (QED) is 0.0985. The van der Waals surface area contributed by atoms with E-state index in [1.807, 2.05) is 103 Å². The number of benzene rings is 5. The van der Waals surface area contributed by atoms with Crippen LogP contribution in [0.25, 0.3) is 0 Å². The Morgan fingerprint density at radius 3 is 1.90 bits per heavy atom. The second-order valence-corrected chi connectivity index (χ2v) is 15.3. The first kappa shape index (κ1) is 45.2. The normalized spacial score (nSPS) is 12.0. The van der Waals surface area contributed by atoms with Crippen molar-refractivity contribution in [2.45, 2.75) is 86.0 Å². The summed E-state index contributed by atoms with van der Waals surface area (Å²) in [5.41, 5.74) is 7.59. The van der Waals surface area contributed by atoms with Gasteiger partial charge in [0.05, 0.1) is 11.5 Å². The van der Waals surface area contributed by atoms with Crippen LogP contribution in [0.5, 0.6) is 17.2 Å². The summed E-state index contributed by atoms with van der Waals surface area (Å²) in [6.07, 6.45) is -0.221. The second-order valence-electron chi connectivity index (χ2n) is 15.3. The van der Waals surface area contributed by atoms with E-state index in [9.17, 15) is 28.4 Å². The van der Waals surface area contributed by atoms with E-state index in [1.54, 1.807) is 60.7 Å². The van der Waals surface area contributed by atoms with Crippen LogP contribution in [-0.4, -0.2) is 34.9 Å². The minimum Gasteiger partial charge on any atom is -0.457 e.